The topological polar surface area (TPSA) is 119 Å². The minimum absolute atomic E-state index is 0.0505. The smallest absolute Gasteiger partial charge is 0.308 e. The molecular weight excluding hydrogens is 262 g/mol. The lowest BCUT2D eigenvalue weighted by atomic mass is 10.0. The van der Waals surface area contributed by atoms with Gasteiger partial charge in [-0.05, 0) is 18.5 Å². The lowest BCUT2D eigenvalue weighted by Gasteiger charge is -2.18. The van der Waals surface area contributed by atoms with Crippen LogP contribution in [0.5, 0.6) is 0 Å². The summed E-state index contributed by atoms with van der Waals surface area (Å²) in [7, 11) is 0. The molecule has 0 spiro atoms. The summed E-state index contributed by atoms with van der Waals surface area (Å²) in [5.74, 6) is -0.664. The van der Waals surface area contributed by atoms with Crippen molar-refractivity contribution in [1.82, 2.24) is 9.97 Å². The van der Waals surface area contributed by atoms with Crippen molar-refractivity contribution >= 4 is 23.4 Å². The quantitative estimate of drug-likeness (QED) is 0.513. The number of aliphatic hydroxyl groups excluding tert-OH is 2. The van der Waals surface area contributed by atoms with Crippen LogP contribution in [0.15, 0.2) is 6.20 Å². The molecule has 0 fully saturated rings. The molecule has 2 atom stereocenters. The van der Waals surface area contributed by atoms with Crippen molar-refractivity contribution in [2.75, 3.05) is 12.3 Å². The van der Waals surface area contributed by atoms with E-state index < -0.39 is 18.2 Å². The average Bonchev–Trinajstić information content (AvgIpc) is 2.28. The number of nitrogens with zero attached hydrogens (tertiary/aromatic N) is 2. The first-order chi connectivity index (χ1) is 8.45. The number of esters is 1. The molecule has 8 heteroatoms. The van der Waals surface area contributed by atoms with Crippen LogP contribution < -0.4 is 5.73 Å². The monoisotopic (exact) mass is 275 g/mol. The molecule has 1 heterocycles. The number of carbonyl (C=O) groups excluding carboxylic acids is 1. The van der Waals surface area contributed by atoms with Crippen LogP contribution in [-0.2, 0) is 9.53 Å². The molecule has 0 saturated carbocycles. The van der Waals surface area contributed by atoms with Crippen molar-refractivity contribution < 1.29 is 19.7 Å². The van der Waals surface area contributed by atoms with E-state index in [4.69, 9.17) is 17.3 Å². The highest BCUT2D eigenvalue weighted by atomic mass is 35.5. The number of nitrogens with two attached hydrogens (primary N) is 1. The Balaban J connectivity index is 2.73. The standard InChI is InChI=1S/C10H14ClN3O4/c1-2-18-7(16)3-6(15)8(17)5-4-13-10(11)14-9(5)12/h4,6,8,15,17H,2-3H2,1H3,(H2,12,13,14). The second-order valence-corrected chi connectivity index (χ2v) is 3.84. The number of halogens is 1. The van der Waals surface area contributed by atoms with Gasteiger partial charge in [0.15, 0.2) is 0 Å². The fourth-order valence-electron chi connectivity index (χ4n) is 1.32. The van der Waals surface area contributed by atoms with Gasteiger partial charge >= 0.3 is 5.97 Å². The van der Waals surface area contributed by atoms with Gasteiger partial charge in [-0.25, -0.2) is 9.97 Å². The molecule has 0 radical (unpaired) electrons. The number of aliphatic hydroxyl groups is 2. The summed E-state index contributed by atoms with van der Waals surface area (Å²) in [6.07, 6.45) is -1.89. The molecule has 100 valence electrons. The number of anilines is 1. The fraction of sp³-hybridized carbons (Fsp3) is 0.500. The maximum Gasteiger partial charge on any atom is 0.308 e. The Morgan fingerprint density at radius 3 is 2.83 bits per heavy atom. The third-order valence-electron chi connectivity index (χ3n) is 2.18. The predicted octanol–water partition coefficient (Wildman–Crippen LogP) is 0.0597. The van der Waals surface area contributed by atoms with Crippen molar-refractivity contribution in [2.45, 2.75) is 25.6 Å². The molecule has 18 heavy (non-hydrogen) atoms. The Morgan fingerprint density at radius 1 is 1.61 bits per heavy atom. The number of carbonyl (C=O) groups is 1. The molecule has 7 nitrogen and oxygen atoms in total. The van der Waals surface area contributed by atoms with Gasteiger partial charge < -0.3 is 20.7 Å². The average molecular weight is 276 g/mol. The van der Waals surface area contributed by atoms with Crippen molar-refractivity contribution in [3.63, 3.8) is 0 Å². The summed E-state index contributed by atoms with van der Waals surface area (Å²) in [5.41, 5.74) is 5.63. The Hall–Kier alpha value is -1.44. The largest absolute Gasteiger partial charge is 0.466 e. The van der Waals surface area contributed by atoms with Crippen molar-refractivity contribution in [3.8, 4) is 0 Å². The Kier molecular flexibility index (Phi) is 5.26. The van der Waals surface area contributed by atoms with Crippen molar-refractivity contribution in [1.29, 1.82) is 0 Å². The van der Waals surface area contributed by atoms with E-state index in [-0.39, 0.29) is 29.7 Å². The molecule has 1 rings (SSSR count). The van der Waals surface area contributed by atoms with Crippen LogP contribution >= 0.6 is 11.6 Å². The first kappa shape index (κ1) is 14.6. The van der Waals surface area contributed by atoms with E-state index in [1.54, 1.807) is 6.92 Å². The zero-order valence-corrected chi connectivity index (χ0v) is 10.5. The van der Waals surface area contributed by atoms with Gasteiger partial charge in [0.05, 0.1) is 19.1 Å². The maximum atomic E-state index is 11.2. The van der Waals surface area contributed by atoms with Gasteiger partial charge in [0, 0.05) is 11.8 Å². The van der Waals surface area contributed by atoms with E-state index in [2.05, 4.69) is 14.7 Å². The molecule has 0 aliphatic heterocycles. The molecule has 0 aliphatic carbocycles. The van der Waals surface area contributed by atoms with Crippen LogP contribution in [0.3, 0.4) is 0 Å². The number of nitrogen functional groups attached to an aromatic ring is 1. The number of aromatic nitrogens is 2. The van der Waals surface area contributed by atoms with Gasteiger partial charge in [0.25, 0.3) is 0 Å². The molecule has 1 aromatic rings. The Bertz CT molecular complexity index is 430. The molecule has 0 saturated heterocycles. The highest BCUT2D eigenvalue weighted by molar-refractivity contribution is 6.28. The molecule has 4 N–H and O–H groups in total. The highest BCUT2D eigenvalue weighted by Gasteiger charge is 2.24. The van der Waals surface area contributed by atoms with Crippen molar-refractivity contribution in [3.05, 3.63) is 17.0 Å². The number of rotatable bonds is 5. The minimum Gasteiger partial charge on any atom is -0.466 e. The third kappa shape index (κ3) is 3.80. The molecule has 2 unspecified atom stereocenters. The van der Waals surface area contributed by atoms with Crippen LogP contribution in [0.1, 0.15) is 25.0 Å². The van der Waals surface area contributed by atoms with E-state index >= 15 is 0 Å². The SMILES string of the molecule is CCOC(=O)CC(O)C(O)c1cnc(Cl)nc1N. The third-order valence-corrected chi connectivity index (χ3v) is 2.36. The van der Waals surface area contributed by atoms with Crippen LogP contribution in [0.2, 0.25) is 5.28 Å². The van der Waals surface area contributed by atoms with Crippen molar-refractivity contribution in [2.24, 2.45) is 0 Å². The van der Waals surface area contributed by atoms with E-state index in [9.17, 15) is 15.0 Å². The van der Waals surface area contributed by atoms with E-state index in [1.165, 1.54) is 6.20 Å². The van der Waals surface area contributed by atoms with Crippen LogP contribution in [0.4, 0.5) is 5.82 Å². The van der Waals surface area contributed by atoms with E-state index in [1.807, 2.05) is 0 Å². The highest BCUT2D eigenvalue weighted by Crippen LogP contribution is 2.23. The van der Waals surface area contributed by atoms with Gasteiger partial charge in [-0.15, -0.1) is 0 Å². The molecule has 0 aliphatic rings. The fourth-order valence-corrected chi connectivity index (χ4v) is 1.46. The number of hydrogen-bond acceptors (Lipinski definition) is 7. The summed E-state index contributed by atoms with van der Waals surface area (Å²) in [6, 6.07) is 0. The molecular formula is C10H14ClN3O4. The normalized spacial score (nSPS) is 14.0. The maximum absolute atomic E-state index is 11.2. The van der Waals surface area contributed by atoms with Crippen LogP contribution in [0, 0.1) is 0 Å². The summed E-state index contributed by atoms with van der Waals surface area (Å²) in [6.45, 7) is 1.85. The molecule has 0 amide bonds. The first-order valence-corrected chi connectivity index (χ1v) is 5.63. The van der Waals surface area contributed by atoms with Crippen LogP contribution in [0.25, 0.3) is 0 Å². The number of hydrogen-bond donors (Lipinski definition) is 3. The van der Waals surface area contributed by atoms with Gasteiger partial charge in [0.2, 0.25) is 5.28 Å². The second kappa shape index (κ2) is 6.48. The van der Waals surface area contributed by atoms with Gasteiger partial charge in [-0.2, -0.15) is 0 Å². The van der Waals surface area contributed by atoms with Gasteiger partial charge in [-0.1, -0.05) is 0 Å². The zero-order valence-electron chi connectivity index (χ0n) is 9.71. The molecule has 0 aromatic carbocycles. The molecule has 1 aromatic heterocycles. The first-order valence-electron chi connectivity index (χ1n) is 5.25. The number of ether oxygens (including phenoxy) is 1. The molecule has 0 bridgehead atoms. The van der Waals surface area contributed by atoms with Gasteiger partial charge in [0.1, 0.15) is 11.9 Å². The van der Waals surface area contributed by atoms with Gasteiger partial charge in [-0.3, -0.25) is 4.79 Å². The van der Waals surface area contributed by atoms with E-state index in [0.29, 0.717) is 0 Å². The Morgan fingerprint density at radius 2 is 2.28 bits per heavy atom. The van der Waals surface area contributed by atoms with E-state index in [0.717, 1.165) is 0 Å². The summed E-state index contributed by atoms with van der Waals surface area (Å²) in [5, 5.41) is 19.4. The summed E-state index contributed by atoms with van der Waals surface area (Å²) in [4.78, 5) is 18.4. The summed E-state index contributed by atoms with van der Waals surface area (Å²) < 4.78 is 4.65. The Labute approximate surface area is 109 Å². The zero-order chi connectivity index (χ0) is 13.7. The van der Waals surface area contributed by atoms with Crippen LogP contribution in [-0.4, -0.2) is 38.9 Å². The second-order valence-electron chi connectivity index (χ2n) is 3.50. The predicted molar refractivity (Wildman–Crippen MR) is 63.7 cm³/mol. The lowest BCUT2D eigenvalue weighted by Crippen LogP contribution is -2.24. The summed E-state index contributed by atoms with van der Waals surface area (Å²) >= 11 is 5.51. The lowest BCUT2D eigenvalue weighted by molar-refractivity contribution is -0.147. The minimum atomic E-state index is -1.38.